The number of halogens is 1. The third-order valence-corrected chi connectivity index (χ3v) is 5.62. The smallest absolute Gasteiger partial charge is 0.259 e. The van der Waals surface area contributed by atoms with Crippen molar-refractivity contribution in [1.29, 1.82) is 5.26 Å². The van der Waals surface area contributed by atoms with Crippen molar-refractivity contribution in [3.63, 3.8) is 0 Å². The van der Waals surface area contributed by atoms with Crippen LogP contribution in [0.5, 0.6) is 0 Å². The maximum Gasteiger partial charge on any atom is 0.259 e. The molecule has 2 amide bonds. The molecule has 1 unspecified atom stereocenters. The topological polar surface area (TPSA) is 76.4 Å². The van der Waals surface area contributed by atoms with Gasteiger partial charge in [0.05, 0.1) is 23.2 Å². The normalized spacial score (nSPS) is 20.9. The van der Waals surface area contributed by atoms with Crippen molar-refractivity contribution >= 4 is 34.8 Å². The van der Waals surface area contributed by atoms with Crippen LogP contribution in [0.3, 0.4) is 0 Å². The van der Waals surface area contributed by atoms with Crippen LogP contribution < -0.4 is 10.2 Å². The summed E-state index contributed by atoms with van der Waals surface area (Å²) in [6.07, 6.45) is 3.16. The molecule has 8 heteroatoms. The predicted molar refractivity (Wildman–Crippen MR) is 111 cm³/mol. The molecule has 1 saturated heterocycles. The molecule has 1 aromatic rings. The predicted octanol–water partition coefficient (Wildman–Crippen LogP) is 3.08. The summed E-state index contributed by atoms with van der Waals surface area (Å²) in [5.41, 5.74) is 1.20. The Morgan fingerprint density at radius 2 is 2.10 bits per heavy atom. The SMILES string of the molecule is CNC(=O)C1CC=C(N2C(=S)N(c3ccc(C#N)c(C)c3)C(=O)C2(C)C)C=C1F. The van der Waals surface area contributed by atoms with Crippen molar-refractivity contribution in [2.45, 2.75) is 32.7 Å². The quantitative estimate of drug-likeness (QED) is 0.772. The van der Waals surface area contributed by atoms with Gasteiger partial charge in [0.15, 0.2) is 5.11 Å². The van der Waals surface area contributed by atoms with E-state index in [1.165, 1.54) is 18.0 Å². The van der Waals surface area contributed by atoms with E-state index in [9.17, 15) is 14.0 Å². The molecule has 1 fully saturated rings. The second kappa shape index (κ2) is 7.41. The first-order chi connectivity index (χ1) is 13.6. The maximum atomic E-state index is 14.6. The van der Waals surface area contributed by atoms with Gasteiger partial charge in [-0.2, -0.15) is 5.26 Å². The Labute approximate surface area is 174 Å². The number of carbonyl (C=O) groups is 2. The van der Waals surface area contributed by atoms with Crippen molar-refractivity contribution < 1.29 is 14.0 Å². The lowest BCUT2D eigenvalue weighted by molar-refractivity contribution is -0.124. The average Bonchev–Trinajstić information content (AvgIpc) is 2.85. The zero-order chi connectivity index (χ0) is 21.5. The Morgan fingerprint density at radius 3 is 2.66 bits per heavy atom. The number of hydrogen-bond acceptors (Lipinski definition) is 4. The molecular formula is C21H21FN4O2S. The standard InChI is InChI=1S/C21H21FN4O2S/c1-12-9-14(6-5-13(12)11-23)25-19(28)21(2,3)26(20(25)29)15-7-8-16(17(22)10-15)18(27)24-4/h5-7,9-10,16H,8H2,1-4H3,(H,24,27). The van der Waals surface area contributed by atoms with E-state index in [0.717, 1.165) is 5.56 Å². The Balaban J connectivity index is 1.98. The lowest BCUT2D eigenvalue weighted by Crippen LogP contribution is -2.43. The van der Waals surface area contributed by atoms with Crippen LogP contribution >= 0.6 is 12.2 Å². The molecule has 1 aromatic carbocycles. The molecule has 0 bridgehead atoms. The van der Waals surface area contributed by atoms with Crippen LogP contribution in [0, 0.1) is 24.2 Å². The van der Waals surface area contributed by atoms with E-state index in [2.05, 4.69) is 11.4 Å². The molecule has 1 aliphatic carbocycles. The third-order valence-electron chi connectivity index (χ3n) is 5.26. The number of rotatable bonds is 3. The molecule has 0 spiro atoms. The van der Waals surface area contributed by atoms with Crippen LogP contribution in [-0.4, -0.2) is 34.4 Å². The van der Waals surface area contributed by atoms with Gasteiger partial charge in [0.25, 0.3) is 5.91 Å². The summed E-state index contributed by atoms with van der Waals surface area (Å²) in [6, 6.07) is 7.14. The highest BCUT2D eigenvalue weighted by Crippen LogP contribution is 2.38. The van der Waals surface area contributed by atoms with Crippen molar-refractivity contribution in [3.8, 4) is 6.07 Å². The minimum Gasteiger partial charge on any atom is -0.359 e. The Bertz CT molecular complexity index is 1020. The molecule has 0 radical (unpaired) electrons. The van der Waals surface area contributed by atoms with Crippen LogP contribution in [0.15, 0.2) is 41.9 Å². The molecule has 150 valence electrons. The second-order valence-electron chi connectivity index (χ2n) is 7.49. The zero-order valence-electron chi connectivity index (χ0n) is 16.6. The number of anilines is 1. The minimum absolute atomic E-state index is 0.177. The zero-order valence-corrected chi connectivity index (χ0v) is 17.4. The van der Waals surface area contributed by atoms with E-state index in [-0.39, 0.29) is 17.4 Å². The highest BCUT2D eigenvalue weighted by molar-refractivity contribution is 7.80. The average molecular weight is 412 g/mol. The van der Waals surface area contributed by atoms with Crippen LogP contribution in [0.4, 0.5) is 10.1 Å². The number of nitrogens with zero attached hydrogens (tertiary/aromatic N) is 3. The van der Waals surface area contributed by atoms with Crippen molar-refractivity contribution in [1.82, 2.24) is 10.2 Å². The fourth-order valence-corrected chi connectivity index (χ4v) is 4.10. The summed E-state index contributed by atoms with van der Waals surface area (Å²) in [6.45, 7) is 5.22. The lowest BCUT2D eigenvalue weighted by Gasteiger charge is -2.32. The largest absolute Gasteiger partial charge is 0.359 e. The van der Waals surface area contributed by atoms with Crippen LogP contribution in [-0.2, 0) is 9.59 Å². The molecule has 0 saturated carbocycles. The van der Waals surface area contributed by atoms with Gasteiger partial charge in [-0.15, -0.1) is 0 Å². The molecule has 1 heterocycles. The molecule has 1 atom stereocenters. The summed E-state index contributed by atoms with van der Waals surface area (Å²) in [5, 5.41) is 11.8. The summed E-state index contributed by atoms with van der Waals surface area (Å²) < 4.78 is 14.6. The highest BCUT2D eigenvalue weighted by Gasteiger charge is 2.51. The molecule has 0 aromatic heterocycles. The fourth-order valence-electron chi connectivity index (χ4n) is 3.58. The van der Waals surface area contributed by atoms with Gasteiger partial charge >= 0.3 is 0 Å². The number of thiocarbonyl (C=S) groups is 1. The van der Waals surface area contributed by atoms with Gasteiger partial charge in [0, 0.05) is 12.7 Å². The molecule has 1 N–H and O–H groups in total. The second-order valence-corrected chi connectivity index (χ2v) is 7.85. The summed E-state index contributed by atoms with van der Waals surface area (Å²) >= 11 is 5.59. The third kappa shape index (κ3) is 3.32. The van der Waals surface area contributed by atoms with Crippen molar-refractivity contribution in [2.75, 3.05) is 11.9 Å². The van der Waals surface area contributed by atoms with E-state index in [0.29, 0.717) is 16.9 Å². The first-order valence-electron chi connectivity index (χ1n) is 9.11. The van der Waals surface area contributed by atoms with E-state index in [1.54, 1.807) is 49.9 Å². The molecule has 29 heavy (non-hydrogen) atoms. The molecule has 3 rings (SSSR count). The van der Waals surface area contributed by atoms with Gasteiger partial charge < -0.3 is 10.2 Å². The molecule has 2 aliphatic rings. The first kappa shape index (κ1) is 20.7. The van der Waals surface area contributed by atoms with Crippen molar-refractivity contribution in [2.24, 2.45) is 5.92 Å². The van der Waals surface area contributed by atoms with Gasteiger partial charge in [-0.1, -0.05) is 6.08 Å². The number of carbonyl (C=O) groups excluding carboxylic acids is 2. The molecule has 1 aliphatic heterocycles. The summed E-state index contributed by atoms with van der Waals surface area (Å²) in [5.74, 6) is -2.10. The van der Waals surface area contributed by atoms with Gasteiger partial charge in [-0.25, -0.2) is 4.39 Å². The van der Waals surface area contributed by atoms with Gasteiger partial charge in [0.2, 0.25) is 5.91 Å². The van der Waals surface area contributed by atoms with Crippen molar-refractivity contribution in [3.05, 3.63) is 53.0 Å². The molecule has 6 nitrogen and oxygen atoms in total. The summed E-state index contributed by atoms with van der Waals surface area (Å²) in [7, 11) is 1.46. The number of aryl methyl sites for hydroxylation is 1. The van der Waals surface area contributed by atoms with Gasteiger partial charge in [-0.3, -0.25) is 14.5 Å². The monoisotopic (exact) mass is 412 g/mol. The number of nitrogens with one attached hydrogen (secondary N) is 1. The van der Waals surface area contributed by atoms with E-state index in [4.69, 9.17) is 17.5 Å². The Morgan fingerprint density at radius 1 is 1.41 bits per heavy atom. The first-order valence-corrected chi connectivity index (χ1v) is 9.52. The number of allylic oxidation sites excluding steroid dienone is 2. The Kier molecular flexibility index (Phi) is 5.28. The number of hydrogen-bond donors (Lipinski definition) is 1. The number of amides is 2. The van der Waals surface area contributed by atoms with Crippen LogP contribution in [0.25, 0.3) is 0 Å². The number of nitriles is 1. The number of benzene rings is 1. The van der Waals surface area contributed by atoms with E-state index >= 15 is 0 Å². The highest BCUT2D eigenvalue weighted by atomic mass is 32.1. The van der Waals surface area contributed by atoms with Crippen LogP contribution in [0.1, 0.15) is 31.4 Å². The van der Waals surface area contributed by atoms with Gasteiger partial charge in [-0.05, 0) is 69.2 Å². The fraction of sp³-hybridized carbons (Fsp3) is 0.333. The van der Waals surface area contributed by atoms with Crippen LogP contribution in [0.2, 0.25) is 0 Å². The summed E-state index contributed by atoms with van der Waals surface area (Å²) in [4.78, 5) is 28.0. The minimum atomic E-state index is -1.04. The van der Waals surface area contributed by atoms with E-state index in [1.807, 2.05) is 0 Å². The van der Waals surface area contributed by atoms with Gasteiger partial charge in [0.1, 0.15) is 11.4 Å². The maximum absolute atomic E-state index is 14.6. The van der Waals surface area contributed by atoms with E-state index < -0.39 is 23.2 Å². The Hall–Kier alpha value is -3.05. The lowest BCUT2D eigenvalue weighted by atomic mass is 9.95. The molecular weight excluding hydrogens is 391 g/mol.